The molecule has 2 aliphatic rings. The largest absolute Gasteiger partial charge is 0.507 e. The van der Waals surface area contributed by atoms with Gasteiger partial charge in [0, 0.05) is 41.4 Å². The van der Waals surface area contributed by atoms with Crippen LogP contribution in [0.25, 0.3) is 0 Å². The van der Waals surface area contributed by atoms with Gasteiger partial charge in [0.25, 0.3) is 0 Å². The predicted octanol–water partition coefficient (Wildman–Crippen LogP) is 5.40. The smallest absolute Gasteiger partial charge is 0.343 e. The molecular weight excluding hydrogens is 372 g/mol. The summed E-state index contributed by atoms with van der Waals surface area (Å²) >= 11 is 1.67. The Kier molecular flexibility index (Phi) is 5.66. The molecule has 0 radical (unpaired) electrons. The van der Waals surface area contributed by atoms with Crippen LogP contribution in [-0.2, 0) is 11.2 Å². The number of aryl methyl sites for hydroxylation is 1. The number of thiophene rings is 1. The van der Waals surface area contributed by atoms with Crippen molar-refractivity contribution in [2.24, 2.45) is 11.3 Å². The molecule has 1 aliphatic heterocycles. The van der Waals surface area contributed by atoms with Crippen LogP contribution < -0.4 is 5.63 Å². The van der Waals surface area contributed by atoms with Crippen LogP contribution in [0.15, 0.2) is 27.4 Å². The maximum Gasteiger partial charge on any atom is 0.343 e. The van der Waals surface area contributed by atoms with Gasteiger partial charge in [-0.25, -0.2) is 4.79 Å². The van der Waals surface area contributed by atoms with E-state index in [1.807, 2.05) is 13.0 Å². The Bertz CT molecular complexity index is 871. The van der Waals surface area contributed by atoms with Crippen molar-refractivity contribution in [2.75, 3.05) is 13.2 Å². The van der Waals surface area contributed by atoms with E-state index >= 15 is 0 Å². The second kappa shape index (κ2) is 8.03. The third-order valence-electron chi connectivity index (χ3n) is 6.36. The fraction of sp³-hybridized carbons (Fsp3) is 0.609. The van der Waals surface area contributed by atoms with Crippen molar-refractivity contribution in [1.82, 2.24) is 0 Å². The lowest BCUT2D eigenvalue weighted by Gasteiger charge is -2.26. The topological polar surface area (TPSA) is 59.7 Å². The summed E-state index contributed by atoms with van der Waals surface area (Å²) in [5.74, 6) is 1.21. The molecule has 4 rings (SSSR count). The van der Waals surface area contributed by atoms with Gasteiger partial charge in [-0.15, -0.1) is 11.3 Å². The van der Waals surface area contributed by atoms with Crippen LogP contribution in [0, 0.1) is 18.3 Å². The van der Waals surface area contributed by atoms with Crippen LogP contribution in [0.3, 0.4) is 0 Å². The molecule has 28 heavy (non-hydrogen) atoms. The van der Waals surface area contributed by atoms with Crippen LogP contribution in [0.2, 0.25) is 0 Å². The number of aromatic hydroxyl groups is 1. The van der Waals surface area contributed by atoms with E-state index in [4.69, 9.17) is 9.15 Å². The van der Waals surface area contributed by atoms with Crippen LogP contribution >= 0.6 is 11.3 Å². The lowest BCUT2D eigenvalue weighted by Crippen LogP contribution is -2.22. The molecule has 2 unspecified atom stereocenters. The highest BCUT2D eigenvalue weighted by atomic mass is 32.1. The van der Waals surface area contributed by atoms with Crippen LogP contribution in [0.1, 0.15) is 72.4 Å². The Hall–Kier alpha value is -1.59. The fourth-order valence-corrected chi connectivity index (χ4v) is 5.79. The second-order valence-electron chi connectivity index (χ2n) is 8.67. The minimum atomic E-state index is -0.385. The molecule has 1 saturated heterocycles. The number of ether oxygens (including phenoxy) is 1. The van der Waals surface area contributed by atoms with Crippen molar-refractivity contribution < 1.29 is 14.3 Å². The molecule has 4 nitrogen and oxygen atoms in total. The normalized spacial score (nSPS) is 22.1. The average Bonchev–Trinajstić information content (AvgIpc) is 3.27. The second-order valence-corrected chi connectivity index (χ2v) is 9.99. The van der Waals surface area contributed by atoms with Gasteiger partial charge in [-0.2, -0.15) is 0 Å². The average molecular weight is 403 g/mol. The summed E-state index contributed by atoms with van der Waals surface area (Å²) in [4.78, 5) is 15.1. The number of hydrogen-bond donors (Lipinski definition) is 1. The first-order valence-electron chi connectivity index (χ1n) is 10.5. The molecule has 2 atom stereocenters. The number of hydrogen-bond acceptors (Lipinski definition) is 5. The van der Waals surface area contributed by atoms with Gasteiger partial charge in [-0.05, 0) is 68.9 Å². The highest BCUT2D eigenvalue weighted by molar-refractivity contribution is 7.12. The van der Waals surface area contributed by atoms with Gasteiger partial charge in [-0.1, -0.05) is 6.92 Å². The molecule has 2 aromatic rings. The summed E-state index contributed by atoms with van der Waals surface area (Å²) in [7, 11) is 0. The summed E-state index contributed by atoms with van der Waals surface area (Å²) in [6.07, 6.45) is 7.33. The molecular formula is C23H30O4S. The van der Waals surface area contributed by atoms with E-state index in [0.29, 0.717) is 17.2 Å². The minimum Gasteiger partial charge on any atom is -0.507 e. The van der Waals surface area contributed by atoms with Crippen molar-refractivity contribution in [3.63, 3.8) is 0 Å². The van der Waals surface area contributed by atoms with Crippen molar-refractivity contribution in [2.45, 2.75) is 64.7 Å². The molecule has 1 saturated carbocycles. The van der Waals surface area contributed by atoms with Gasteiger partial charge < -0.3 is 14.3 Å². The standard InChI is InChI=1S/C23H30O4S/c1-3-18(20-7-6-15(2)28-20)21-19(24)11-17(27-22(21)25)13-23(8-9-23)12-16-5-4-10-26-14-16/h6-7,11,16,18,24H,3-5,8-10,12-14H2,1-2H3. The molecule has 152 valence electrons. The lowest BCUT2D eigenvalue weighted by atomic mass is 9.85. The maximum absolute atomic E-state index is 12.8. The molecule has 3 heterocycles. The first-order chi connectivity index (χ1) is 13.5. The van der Waals surface area contributed by atoms with Crippen molar-refractivity contribution >= 4 is 11.3 Å². The zero-order valence-corrected chi connectivity index (χ0v) is 17.6. The van der Waals surface area contributed by atoms with Gasteiger partial charge in [0.05, 0.1) is 5.56 Å². The molecule has 0 amide bonds. The zero-order valence-electron chi connectivity index (χ0n) is 16.8. The minimum absolute atomic E-state index is 0.0842. The zero-order chi connectivity index (χ0) is 19.7. The summed E-state index contributed by atoms with van der Waals surface area (Å²) in [5, 5.41) is 10.7. The first kappa shape index (κ1) is 19.7. The van der Waals surface area contributed by atoms with E-state index in [0.717, 1.165) is 43.8 Å². The predicted molar refractivity (Wildman–Crippen MR) is 111 cm³/mol. The molecule has 2 fully saturated rings. The van der Waals surface area contributed by atoms with Gasteiger partial charge in [0.1, 0.15) is 11.5 Å². The van der Waals surface area contributed by atoms with E-state index < -0.39 is 0 Å². The Morgan fingerprint density at radius 1 is 1.36 bits per heavy atom. The molecule has 0 spiro atoms. The molecule has 2 aromatic heterocycles. The summed E-state index contributed by atoms with van der Waals surface area (Å²) < 4.78 is 11.4. The Morgan fingerprint density at radius 3 is 2.75 bits per heavy atom. The number of rotatable bonds is 7. The molecule has 0 aromatic carbocycles. The third kappa shape index (κ3) is 4.20. The van der Waals surface area contributed by atoms with Gasteiger partial charge in [-0.3, -0.25) is 0 Å². The fourth-order valence-electron chi connectivity index (χ4n) is 4.71. The molecule has 1 aliphatic carbocycles. The Balaban J connectivity index is 1.53. The van der Waals surface area contributed by atoms with Crippen LogP contribution in [0.5, 0.6) is 5.75 Å². The Morgan fingerprint density at radius 2 is 2.18 bits per heavy atom. The maximum atomic E-state index is 12.8. The van der Waals surface area contributed by atoms with E-state index in [1.165, 1.54) is 24.1 Å². The third-order valence-corrected chi connectivity index (χ3v) is 7.48. The highest BCUT2D eigenvalue weighted by Crippen LogP contribution is 2.54. The van der Waals surface area contributed by atoms with E-state index in [2.05, 4.69) is 13.0 Å². The SMILES string of the molecule is CCC(c1ccc(C)s1)c1c(O)cc(CC2(CC3CCCOC3)CC2)oc1=O. The lowest BCUT2D eigenvalue weighted by molar-refractivity contribution is 0.0426. The van der Waals surface area contributed by atoms with Crippen molar-refractivity contribution in [3.8, 4) is 5.75 Å². The Labute approximate surface area is 170 Å². The van der Waals surface area contributed by atoms with Gasteiger partial charge in [0.2, 0.25) is 0 Å². The quantitative estimate of drug-likeness (QED) is 0.674. The molecule has 0 bridgehead atoms. The monoisotopic (exact) mass is 402 g/mol. The highest BCUT2D eigenvalue weighted by Gasteiger charge is 2.45. The van der Waals surface area contributed by atoms with Crippen LogP contribution in [-0.4, -0.2) is 18.3 Å². The molecule has 5 heteroatoms. The first-order valence-corrected chi connectivity index (χ1v) is 11.3. The summed E-state index contributed by atoms with van der Waals surface area (Å²) in [6, 6.07) is 5.80. The van der Waals surface area contributed by atoms with E-state index in [-0.39, 0.29) is 22.7 Å². The van der Waals surface area contributed by atoms with Gasteiger partial charge in [0.15, 0.2) is 0 Å². The van der Waals surface area contributed by atoms with Gasteiger partial charge >= 0.3 is 5.63 Å². The van der Waals surface area contributed by atoms with Crippen molar-refractivity contribution in [3.05, 3.63) is 49.7 Å². The summed E-state index contributed by atoms with van der Waals surface area (Å²) in [6.45, 7) is 5.83. The van der Waals surface area contributed by atoms with E-state index in [9.17, 15) is 9.90 Å². The molecule has 1 N–H and O–H groups in total. The van der Waals surface area contributed by atoms with Crippen LogP contribution in [0.4, 0.5) is 0 Å². The summed E-state index contributed by atoms with van der Waals surface area (Å²) in [5.41, 5.74) is 0.243. The van der Waals surface area contributed by atoms with Crippen molar-refractivity contribution in [1.29, 1.82) is 0 Å². The van der Waals surface area contributed by atoms with E-state index in [1.54, 1.807) is 17.4 Å².